The predicted molar refractivity (Wildman–Crippen MR) is 44.4 cm³/mol. The van der Waals surface area contributed by atoms with Crippen molar-refractivity contribution in [2.45, 2.75) is 18.3 Å². The van der Waals surface area contributed by atoms with E-state index in [1.807, 2.05) is 0 Å². The van der Waals surface area contributed by atoms with E-state index in [0.717, 1.165) is 0 Å². The van der Waals surface area contributed by atoms with Crippen molar-refractivity contribution in [3.63, 3.8) is 0 Å². The molecule has 5 N–H and O–H groups in total. The van der Waals surface area contributed by atoms with Crippen LogP contribution >= 0.6 is 12.4 Å². The Hall–Kier alpha value is -0.240. The molecule has 0 aliphatic heterocycles. The number of halogens is 1. The fourth-order valence-corrected chi connectivity index (χ4v) is 0.602. The highest BCUT2D eigenvalue weighted by atomic mass is 35.5. The van der Waals surface area contributed by atoms with Gasteiger partial charge in [0, 0.05) is 0 Å². The van der Waals surface area contributed by atoms with Crippen LogP contribution in [0.25, 0.3) is 0 Å². The molecule has 0 bridgehead atoms. The molecule has 0 aliphatic carbocycles. The summed E-state index contributed by atoms with van der Waals surface area (Å²) < 4.78 is 0. The number of carbonyl (C=O) groups is 1. The van der Waals surface area contributed by atoms with Gasteiger partial charge in [-0.15, -0.1) is 12.4 Å². The third-order valence-corrected chi connectivity index (χ3v) is 1.39. The maximum absolute atomic E-state index is 10.5. The fourth-order valence-electron chi connectivity index (χ4n) is 0.602. The molecule has 0 radical (unpaired) electrons. The van der Waals surface area contributed by atoms with Gasteiger partial charge in [-0.2, -0.15) is 0 Å². The van der Waals surface area contributed by atoms with E-state index in [0.29, 0.717) is 0 Å². The first kappa shape index (κ1) is 15.2. The second-order valence-electron chi connectivity index (χ2n) is 2.31. The highest BCUT2D eigenvalue weighted by Gasteiger charge is 2.28. The van der Waals surface area contributed by atoms with Crippen LogP contribution in [0.3, 0.4) is 0 Å². The summed E-state index contributed by atoms with van der Waals surface area (Å²) in [4.78, 5) is 10.5. The van der Waals surface area contributed by atoms with Crippen LogP contribution in [0, 0.1) is 0 Å². The summed E-state index contributed by atoms with van der Waals surface area (Å²) in [6.45, 7) is -1.69. The van der Waals surface area contributed by atoms with E-state index in [9.17, 15) is 4.79 Å². The van der Waals surface area contributed by atoms with E-state index in [-0.39, 0.29) is 12.4 Å². The molecule has 0 saturated carbocycles. The van der Waals surface area contributed by atoms with Crippen molar-refractivity contribution in [1.29, 1.82) is 0 Å². The maximum Gasteiger partial charge on any atom is 0.189 e. The van der Waals surface area contributed by atoms with Crippen molar-refractivity contribution in [2.24, 2.45) is 0 Å². The fraction of sp³-hybridized carbons (Fsp3) is 0.833. The molecule has 0 heterocycles. The topological polar surface area (TPSA) is 118 Å². The lowest BCUT2D eigenvalue weighted by Gasteiger charge is -2.19. The minimum absolute atomic E-state index is 0. The van der Waals surface area contributed by atoms with Crippen molar-refractivity contribution in [2.75, 3.05) is 13.2 Å². The van der Waals surface area contributed by atoms with Crippen LogP contribution in [-0.4, -0.2) is 62.8 Å². The van der Waals surface area contributed by atoms with Crippen molar-refractivity contribution in [1.82, 2.24) is 0 Å². The summed E-state index contributed by atoms with van der Waals surface area (Å²) in [7, 11) is 0. The summed E-state index contributed by atoms with van der Waals surface area (Å²) in [6.07, 6.45) is -5.22. The Labute approximate surface area is 80.8 Å². The van der Waals surface area contributed by atoms with Gasteiger partial charge in [0.2, 0.25) is 0 Å². The number of aliphatic hydroxyl groups is 5. The third-order valence-electron chi connectivity index (χ3n) is 1.39. The third kappa shape index (κ3) is 4.51. The van der Waals surface area contributed by atoms with Gasteiger partial charge in [0.1, 0.15) is 24.9 Å². The monoisotopic (exact) mass is 216 g/mol. The number of aliphatic hydroxyl groups excluding tert-OH is 5. The smallest absolute Gasteiger partial charge is 0.189 e. The molecule has 0 saturated heterocycles. The quantitative estimate of drug-likeness (QED) is 0.335. The minimum Gasteiger partial charge on any atom is -0.394 e. The lowest BCUT2D eigenvalue weighted by molar-refractivity contribution is -0.142. The van der Waals surface area contributed by atoms with Gasteiger partial charge < -0.3 is 25.5 Å². The zero-order valence-corrected chi connectivity index (χ0v) is 7.52. The van der Waals surface area contributed by atoms with Gasteiger partial charge in [0.25, 0.3) is 0 Å². The molecule has 7 heteroatoms. The van der Waals surface area contributed by atoms with Gasteiger partial charge in [-0.25, -0.2) is 0 Å². The van der Waals surface area contributed by atoms with Crippen molar-refractivity contribution < 1.29 is 30.3 Å². The number of ketones is 1. The van der Waals surface area contributed by atoms with E-state index >= 15 is 0 Å². The molecular weight excluding hydrogens is 204 g/mol. The van der Waals surface area contributed by atoms with Crippen molar-refractivity contribution in [3.8, 4) is 0 Å². The molecule has 0 spiro atoms. The highest BCUT2D eigenvalue weighted by molar-refractivity contribution is 5.85. The van der Waals surface area contributed by atoms with E-state index < -0.39 is 37.3 Å². The Kier molecular flexibility index (Phi) is 8.43. The lowest BCUT2D eigenvalue weighted by Crippen LogP contribution is -2.44. The van der Waals surface area contributed by atoms with Gasteiger partial charge in [-0.05, 0) is 0 Å². The van der Waals surface area contributed by atoms with E-state index in [4.69, 9.17) is 25.5 Å². The summed E-state index contributed by atoms with van der Waals surface area (Å²) in [6, 6.07) is 0. The van der Waals surface area contributed by atoms with Gasteiger partial charge in [0.05, 0.1) is 6.61 Å². The van der Waals surface area contributed by atoms with E-state index in [2.05, 4.69) is 0 Å². The summed E-state index contributed by atoms with van der Waals surface area (Å²) in [5.41, 5.74) is 0. The average Bonchev–Trinajstić information content (AvgIpc) is 2.12. The average molecular weight is 217 g/mol. The molecule has 0 fully saturated rings. The van der Waals surface area contributed by atoms with Crippen LogP contribution < -0.4 is 0 Å². The molecule has 80 valence electrons. The molecule has 6 nitrogen and oxygen atoms in total. The van der Waals surface area contributed by atoms with Crippen molar-refractivity contribution >= 4 is 18.2 Å². The Bertz CT molecular complexity index is 152. The Morgan fingerprint density at radius 2 is 1.62 bits per heavy atom. The first-order chi connectivity index (χ1) is 5.54. The second kappa shape index (κ2) is 7.19. The summed E-state index contributed by atoms with van der Waals surface area (Å²) >= 11 is 0. The molecule has 0 amide bonds. The Morgan fingerprint density at radius 1 is 1.15 bits per heavy atom. The lowest BCUT2D eigenvalue weighted by atomic mass is 10.1. The summed E-state index contributed by atoms with van der Waals surface area (Å²) in [5.74, 6) is -1.00. The second-order valence-corrected chi connectivity index (χ2v) is 2.31. The molecule has 0 aromatic heterocycles. The Morgan fingerprint density at radius 3 is 1.92 bits per heavy atom. The van der Waals surface area contributed by atoms with Crippen LogP contribution in [0.1, 0.15) is 0 Å². The summed E-state index contributed by atoms with van der Waals surface area (Å²) in [5, 5.41) is 43.1. The predicted octanol–water partition coefficient (Wildman–Crippen LogP) is -2.96. The van der Waals surface area contributed by atoms with Gasteiger partial charge in [0.15, 0.2) is 5.78 Å². The number of carbonyl (C=O) groups excluding carboxylic acids is 1. The van der Waals surface area contributed by atoms with Crippen LogP contribution in [0.2, 0.25) is 0 Å². The number of hydrogen-bond donors (Lipinski definition) is 5. The molecule has 0 aliphatic rings. The molecule has 0 rings (SSSR count). The Balaban J connectivity index is 0. The number of hydrogen-bond acceptors (Lipinski definition) is 6. The van der Waals surface area contributed by atoms with E-state index in [1.165, 1.54) is 0 Å². The van der Waals surface area contributed by atoms with Crippen molar-refractivity contribution in [3.05, 3.63) is 0 Å². The van der Waals surface area contributed by atoms with Crippen LogP contribution in [0.4, 0.5) is 0 Å². The van der Waals surface area contributed by atoms with Gasteiger partial charge >= 0.3 is 0 Å². The normalized spacial score (nSPS) is 17.0. The SMILES string of the molecule is Cl.O=C(CO)C(O)C(O)C(O)CO. The molecule has 0 aromatic carbocycles. The largest absolute Gasteiger partial charge is 0.394 e. The minimum atomic E-state index is -1.86. The highest BCUT2D eigenvalue weighted by Crippen LogP contribution is 2.00. The van der Waals surface area contributed by atoms with Gasteiger partial charge in [-0.3, -0.25) is 4.79 Å². The molecule has 0 aromatic rings. The molecule has 3 unspecified atom stereocenters. The van der Waals surface area contributed by atoms with Crippen LogP contribution in [-0.2, 0) is 4.79 Å². The van der Waals surface area contributed by atoms with Gasteiger partial charge in [-0.1, -0.05) is 0 Å². The standard InChI is InChI=1S/C6H12O6.ClH/c7-1-3(9)5(11)6(12)4(10)2-8;/h3,5-9,11-12H,1-2H2;1H. The first-order valence-corrected chi connectivity index (χ1v) is 3.33. The first-order valence-electron chi connectivity index (χ1n) is 3.33. The maximum atomic E-state index is 10.5. The zero-order valence-electron chi connectivity index (χ0n) is 6.70. The molecular formula is C6H13ClO6. The van der Waals surface area contributed by atoms with Crippen LogP contribution in [0.5, 0.6) is 0 Å². The zero-order chi connectivity index (χ0) is 9.72. The molecule has 3 atom stereocenters. The number of Topliss-reactive ketones (excluding diaryl/α,β-unsaturated/α-hetero) is 1. The van der Waals surface area contributed by atoms with Crippen LogP contribution in [0.15, 0.2) is 0 Å². The molecule has 13 heavy (non-hydrogen) atoms. The van der Waals surface area contributed by atoms with E-state index in [1.54, 1.807) is 0 Å². The number of rotatable bonds is 5.